The molecule has 0 atom stereocenters. The number of hydrogen-bond acceptors (Lipinski definition) is 3. The molecule has 1 aliphatic heterocycles. The minimum absolute atomic E-state index is 0.0288. The van der Waals surface area contributed by atoms with Crippen LogP contribution in [-0.4, -0.2) is 58.2 Å². The maximum absolute atomic E-state index is 13.2. The third kappa shape index (κ3) is 4.28. The molecule has 0 radical (unpaired) electrons. The molecule has 0 aliphatic carbocycles. The number of aryl methyl sites for hydroxylation is 1. The molecule has 30 heavy (non-hydrogen) atoms. The standard InChI is InChI=1S/C24H27FN4O/c1-18-23(19(2)29(26-18)22-10-8-21(25)9-11-22)24(30)28-16-14-27(15-17-28)13-12-20-6-4-3-5-7-20/h3-11H,12-17H2,1-2H3. The van der Waals surface area contributed by atoms with Gasteiger partial charge >= 0.3 is 0 Å². The summed E-state index contributed by atoms with van der Waals surface area (Å²) >= 11 is 0. The molecule has 0 unspecified atom stereocenters. The van der Waals surface area contributed by atoms with Crippen LogP contribution in [0.5, 0.6) is 0 Å². The summed E-state index contributed by atoms with van der Waals surface area (Å²) in [4.78, 5) is 17.6. The van der Waals surface area contributed by atoms with Crippen LogP contribution in [0.25, 0.3) is 5.69 Å². The monoisotopic (exact) mass is 406 g/mol. The van der Waals surface area contributed by atoms with Gasteiger partial charge in [-0.1, -0.05) is 30.3 Å². The first kappa shape index (κ1) is 20.3. The second-order valence-electron chi connectivity index (χ2n) is 7.80. The van der Waals surface area contributed by atoms with Gasteiger partial charge in [0.05, 0.1) is 22.6 Å². The molecule has 3 aromatic rings. The van der Waals surface area contributed by atoms with Crippen molar-refractivity contribution in [2.75, 3.05) is 32.7 Å². The number of rotatable bonds is 5. The quantitative estimate of drug-likeness (QED) is 0.650. The molecule has 1 aliphatic rings. The fourth-order valence-corrected chi connectivity index (χ4v) is 4.05. The van der Waals surface area contributed by atoms with Crippen molar-refractivity contribution in [3.8, 4) is 5.69 Å². The largest absolute Gasteiger partial charge is 0.336 e. The predicted octanol–water partition coefficient (Wildman–Crippen LogP) is 3.63. The van der Waals surface area contributed by atoms with E-state index < -0.39 is 0 Å². The summed E-state index contributed by atoms with van der Waals surface area (Å²) in [5, 5.41) is 4.54. The van der Waals surface area contributed by atoms with E-state index in [2.05, 4.69) is 34.3 Å². The normalized spacial score (nSPS) is 14.8. The van der Waals surface area contributed by atoms with Crippen molar-refractivity contribution in [3.63, 3.8) is 0 Å². The zero-order chi connectivity index (χ0) is 21.1. The fourth-order valence-electron chi connectivity index (χ4n) is 4.05. The predicted molar refractivity (Wildman–Crippen MR) is 115 cm³/mol. The van der Waals surface area contributed by atoms with Crippen molar-refractivity contribution < 1.29 is 9.18 Å². The lowest BCUT2D eigenvalue weighted by molar-refractivity contribution is 0.0637. The lowest BCUT2D eigenvalue weighted by Gasteiger charge is -2.34. The minimum Gasteiger partial charge on any atom is -0.336 e. The van der Waals surface area contributed by atoms with Gasteiger partial charge in [-0.2, -0.15) is 5.10 Å². The van der Waals surface area contributed by atoms with Crippen LogP contribution in [0.15, 0.2) is 54.6 Å². The van der Waals surface area contributed by atoms with Crippen LogP contribution in [0, 0.1) is 19.7 Å². The molecule has 1 aromatic heterocycles. The number of amides is 1. The molecule has 2 heterocycles. The first-order chi connectivity index (χ1) is 14.5. The maximum atomic E-state index is 13.2. The summed E-state index contributed by atoms with van der Waals surface area (Å²) in [6, 6.07) is 16.7. The van der Waals surface area contributed by atoms with Crippen LogP contribution in [-0.2, 0) is 6.42 Å². The number of hydrogen-bond donors (Lipinski definition) is 0. The molecule has 2 aromatic carbocycles. The van der Waals surface area contributed by atoms with Gasteiger partial charge in [-0.15, -0.1) is 0 Å². The van der Waals surface area contributed by atoms with Crippen LogP contribution in [0.3, 0.4) is 0 Å². The third-order valence-electron chi connectivity index (χ3n) is 5.80. The highest BCUT2D eigenvalue weighted by atomic mass is 19.1. The van der Waals surface area contributed by atoms with Crippen LogP contribution >= 0.6 is 0 Å². The van der Waals surface area contributed by atoms with E-state index in [1.54, 1.807) is 16.8 Å². The fraction of sp³-hybridized carbons (Fsp3) is 0.333. The van der Waals surface area contributed by atoms with Crippen LogP contribution in [0.2, 0.25) is 0 Å². The highest BCUT2D eigenvalue weighted by Crippen LogP contribution is 2.21. The van der Waals surface area contributed by atoms with E-state index in [9.17, 15) is 9.18 Å². The van der Waals surface area contributed by atoms with Gasteiger partial charge in [0.15, 0.2) is 0 Å². The van der Waals surface area contributed by atoms with Crippen molar-refractivity contribution in [3.05, 3.63) is 82.9 Å². The van der Waals surface area contributed by atoms with Gasteiger partial charge in [0.1, 0.15) is 5.82 Å². The van der Waals surface area contributed by atoms with Crippen LogP contribution in [0.4, 0.5) is 4.39 Å². The second kappa shape index (κ2) is 8.79. The second-order valence-corrected chi connectivity index (χ2v) is 7.80. The zero-order valence-electron chi connectivity index (χ0n) is 17.5. The van der Waals surface area contributed by atoms with Crippen molar-refractivity contribution in [2.24, 2.45) is 0 Å². The van der Waals surface area contributed by atoms with Crippen molar-refractivity contribution in [2.45, 2.75) is 20.3 Å². The Morgan fingerprint density at radius 2 is 1.63 bits per heavy atom. The van der Waals surface area contributed by atoms with Crippen LogP contribution in [0.1, 0.15) is 27.3 Å². The first-order valence-corrected chi connectivity index (χ1v) is 10.4. The maximum Gasteiger partial charge on any atom is 0.257 e. The minimum atomic E-state index is -0.290. The van der Waals surface area contributed by atoms with E-state index >= 15 is 0 Å². The van der Waals surface area contributed by atoms with Gasteiger partial charge in [0, 0.05) is 32.7 Å². The van der Waals surface area contributed by atoms with Crippen molar-refractivity contribution in [1.82, 2.24) is 19.6 Å². The first-order valence-electron chi connectivity index (χ1n) is 10.4. The summed E-state index contributed by atoms with van der Waals surface area (Å²) in [5.41, 5.74) is 4.23. The lowest BCUT2D eigenvalue weighted by Crippen LogP contribution is -2.49. The molecule has 5 nitrogen and oxygen atoms in total. The SMILES string of the molecule is Cc1nn(-c2ccc(F)cc2)c(C)c1C(=O)N1CCN(CCc2ccccc2)CC1. The molecule has 1 amide bonds. The third-order valence-corrected chi connectivity index (χ3v) is 5.80. The molecule has 156 valence electrons. The molecule has 0 N–H and O–H groups in total. The topological polar surface area (TPSA) is 41.4 Å². The number of benzene rings is 2. The van der Waals surface area contributed by atoms with E-state index in [-0.39, 0.29) is 11.7 Å². The molecule has 1 saturated heterocycles. The molecular weight excluding hydrogens is 379 g/mol. The van der Waals surface area contributed by atoms with Gasteiger partial charge in [-0.3, -0.25) is 9.69 Å². The van der Waals surface area contributed by atoms with E-state index in [0.717, 1.165) is 37.4 Å². The van der Waals surface area contributed by atoms with Crippen LogP contribution < -0.4 is 0 Å². The van der Waals surface area contributed by atoms with E-state index in [4.69, 9.17) is 0 Å². The highest BCUT2D eigenvalue weighted by Gasteiger charge is 2.27. The number of aromatic nitrogens is 2. The lowest BCUT2D eigenvalue weighted by atomic mass is 10.1. The van der Waals surface area contributed by atoms with Crippen molar-refractivity contribution in [1.29, 1.82) is 0 Å². The summed E-state index contributed by atoms with van der Waals surface area (Å²) in [5.74, 6) is -0.261. The highest BCUT2D eigenvalue weighted by molar-refractivity contribution is 5.96. The molecular formula is C24H27FN4O. The molecule has 0 spiro atoms. The van der Waals surface area contributed by atoms with Gasteiger partial charge < -0.3 is 4.90 Å². The Bertz CT molecular complexity index is 1010. The van der Waals surface area contributed by atoms with E-state index in [1.165, 1.54) is 17.7 Å². The molecule has 0 bridgehead atoms. The van der Waals surface area contributed by atoms with E-state index in [1.807, 2.05) is 24.8 Å². The average Bonchev–Trinajstić information content (AvgIpc) is 3.07. The van der Waals surface area contributed by atoms with Crippen molar-refractivity contribution >= 4 is 5.91 Å². The zero-order valence-corrected chi connectivity index (χ0v) is 17.5. The number of halogens is 1. The smallest absolute Gasteiger partial charge is 0.257 e. The van der Waals surface area contributed by atoms with Gasteiger partial charge in [0.2, 0.25) is 0 Å². The van der Waals surface area contributed by atoms with Gasteiger partial charge in [-0.25, -0.2) is 9.07 Å². The Morgan fingerprint density at radius 3 is 2.30 bits per heavy atom. The molecule has 4 rings (SSSR count). The number of nitrogens with zero attached hydrogens (tertiary/aromatic N) is 4. The number of carbonyl (C=O) groups excluding carboxylic acids is 1. The molecule has 1 fully saturated rings. The molecule has 6 heteroatoms. The Balaban J connectivity index is 1.40. The summed E-state index contributed by atoms with van der Waals surface area (Å²) in [6.07, 6.45) is 1.03. The van der Waals surface area contributed by atoms with E-state index in [0.29, 0.717) is 24.3 Å². The number of piperazine rings is 1. The Labute approximate surface area is 176 Å². The summed E-state index contributed by atoms with van der Waals surface area (Å²) in [6.45, 7) is 7.95. The Kier molecular flexibility index (Phi) is 5.95. The number of carbonyl (C=O) groups is 1. The van der Waals surface area contributed by atoms with Gasteiger partial charge in [-0.05, 0) is 50.1 Å². The Hall–Kier alpha value is -2.99. The molecule has 0 saturated carbocycles. The summed E-state index contributed by atoms with van der Waals surface area (Å²) < 4.78 is 15.0. The average molecular weight is 407 g/mol. The Morgan fingerprint density at radius 1 is 0.967 bits per heavy atom. The summed E-state index contributed by atoms with van der Waals surface area (Å²) in [7, 11) is 0. The van der Waals surface area contributed by atoms with Gasteiger partial charge in [0.25, 0.3) is 5.91 Å².